The van der Waals surface area contributed by atoms with Gasteiger partial charge in [-0.2, -0.15) is 0 Å². The Morgan fingerprint density at radius 2 is 1.88 bits per heavy atom. The van der Waals surface area contributed by atoms with E-state index >= 15 is 0 Å². The zero-order valence-corrected chi connectivity index (χ0v) is 16.2. The van der Waals surface area contributed by atoms with E-state index in [-0.39, 0.29) is 12.5 Å². The zero-order valence-electron chi connectivity index (χ0n) is 16.2. The van der Waals surface area contributed by atoms with E-state index in [9.17, 15) is 4.79 Å². The maximum Gasteiger partial charge on any atom is 0.239 e. The lowest BCUT2D eigenvalue weighted by Gasteiger charge is -2.23. The van der Waals surface area contributed by atoms with Crippen LogP contribution in [0, 0.1) is 5.92 Å². The van der Waals surface area contributed by atoms with Crippen LogP contribution >= 0.6 is 0 Å². The number of ether oxygens (including phenoxy) is 2. The molecular weight excluding hydrogens is 332 g/mol. The number of guanidine groups is 1. The van der Waals surface area contributed by atoms with Crippen LogP contribution in [0.25, 0.3) is 0 Å². The number of nitrogens with one attached hydrogen (secondary N) is 3. The van der Waals surface area contributed by atoms with Crippen molar-refractivity contribution in [3.8, 4) is 0 Å². The van der Waals surface area contributed by atoms with Crippen LogP contribution in [-0.4, -0.2) is 64.5 Å². The number of nitrogens with zero attached hydrogens (tertiary/aromatic N) is 1. The monoisotopic (exact) mass is 368 g/mol. The van der Waals surface area contributed by atoms with E-state index in [1.54, 1.807) is 7.05 Å². The van der Waals surface area contributed by atoms with Gasteiger partial charge in [0.25, 0.3) is 0 Å². The summed E-state index contributed by atoms with van der Waals surface area (Å²) in [4.78, 5) is 16.2. The molecule has 150 valence electrons. The fourth-order valence-electron chi connectivity index (χ4n) is 3.45. The minimum absolute atomic E-state index is 0.0413. The van der Waals surface area contributed by atoms with Crippen LogP contribution in [0.1, 0.15) is 51.4 Å². The van der Waals surface area contributed by atoms with Crippen molar-refractivity contribution in [2.75, 3.05) is 46.6 Å². The molecule has 0 bridgehead atoms. The fraction of sp³-hybridized carbons (Fsp3) is 0.895. The summed E-state index contributed by atoms with van der Waals surface area (Å²) >= 11 is 0. The highest BCUT2D eigenvalue weighted by Gasteiger charge is 2.15. The third kappa shape index (κ3) is 8.85. The standard InChI is InChI=1S/C19H36N4O3/c1-20-19(22-14-18(24)23-17-6-3-2-4-7-17)21-10-5-11-26-15-16-8-12-25-13-9-16/h16-17H,2-15H2,1H3,(H,23,24)(H2,20,21,22). The third-order valence-electron chi connectivity index (χ3n) is 5.06. The van der Waals surface area contributed by atoms with E-state index in [1.807, 2.05) is 0 Å². The summed E-state index contributed by atoms with van der Waals surface area (Å²) in [5.74, 6) is 1.35. The van der Waals surface area contributed by atoms with Crippen molar-refractivity contribution in [2.24, 2.45) is 10.9 Å². The molecule has 2 rings (SSSR count). The first-order valence-corrected chi connectivity index (χ1v) is 10.2. The molecule has 0 unspecified atom stereocenters. The minimum Gasteiger partial charge on any atom is -0.381 e. The minimum atomic E-state index is 0.0413. The smallest absolute Gasteiger partial charge is 0.239 e. The van der Waals surface area contributed by atoms with Gasteiger partial charge in [0.1, 0.15) is 0 Å². The van der Waals surface area contributed by atoms with E-state index in [0.717, 1.165) is 65.1 Å². The molecule has 26 heavy (non-hydrogen) atoms. The second kappa shape index (κ2) is 12.9. The molecule has 0 spiro atoms. The van der Waals surface area contributed by atoms with Gasteiger partial charge in [0, 0.05) is 46.1 Å². The molecule has 7 nitrogen and oxygen atoms in total. The molecular formula is C19H36N4O3. The van der Waals surface area contributed by atoms with Crippen molar-refractivity contribution in [3.63, 3.8) is 0 Å². The van der Waals surface area contributed by atoms with Gasteiger partial charge in [-0.1, -0.05) is 19.3 Å². The van der Waals surface area contributed by atoms with Gasteiger partial charge in [-0.3, -0.25) is 9.79 Å². The predicted molar refractivity (Wildman–Crippen MR) is 103 cm³/mol. The molecule has 0 aromatic rings. The van der Waals surface area contributed by atoms with Gasteiger partial charge in [-0.15, -0.1) is 0 Å². The normalized spacial score (nSPS) is 20.0. The van der Waals surface area contributed by atoms with Crippen LogP contribution in [0.3, 0.4) is 0 Å². The zero-order chi connectivity index (χ0) is 18.5. The molecule has 1 heterocycles. The molecule has 3 N–H and O–H groups in total. The van der Waals surface area contributed by atoms with E-state index < -0.39 is 0 Å². The summed E-state index contributed by atoms with van der Waals surface area (Å²) in [7, 11) is 1.72. The summed E-state index contributed by atoms with van der Waals surface area (Å²) in [6.07, 6.45) is 9.07. The van der Waals surface area contributed by atoms with Gasteiger partial charge in [-0.25, -0.2) is 0 Å². The quantitative estimate of drug-likeness (QED) is 0.326. The van der Waals surface area contributed by atoms with Gasteiger partial charge in [0.2, 0.25) is 5.91 Å². The number of carbonyl (C=O) groups excluding carboxylic acids is 1. The molecule has 1 aliphatic carbocycles. The molecule has 0 radical (unpaired) electrons. The topological polar surface area (TPSA) is 84.0 Å². The predicted octanol–water partition coefficient (Wildman–Crippen LogP) is 1.43. The average Bonchev–Trinajstić information content (AvgIpc) is 2.68. The lowest BCUT2D eigenvalue weighted by molar-refractivity contribution is -0.120. The molecule has 1 saturated carbocycles. The first kappa shape index (κ1) is 21.0. The molecule has 0 aromatic carbocycles. The Morgan fingerprint density at radius 3 is 2.62 bits per heavy atom. The lowest BCUT2D eigenvalue weighted by Crippen LogP contribution is -2.46. The Kier molecular flexibility index (Phi) is 10.4. The number of carbonyl (C=O) groups is 1. The Bertz CT molecular complexity index is 419. The van der Waals surface area contributed by atoms with Gasteiger partial charge in [-0.05, 0) is 38.0 Å². The summed E-state index contributed by atoms with van der Waals surface area (Å²) in [5.41, 5.74) is 0. The first-order chi connectivity index (χ1) is 12.8. The fourth-order valence-corrected chi connectivity index (χ4v) is 3.45. The highest BCUT2D eigenvalue weighted by Crippen LogP contribution is 2.17. The average molecular weight is 369 g/mol. The molecule has 0 aromatic heterocycles. The van der Waals surface area contributed by atoms with Crippen molar-refractivity contribution >= 4 is 11.9 Å². The van der Waals surface area contributed by atoms with Crippen molar-refractivity contribution in [2.45, 2.75) is 57.4 Å². The summed E-state index contributed by atoms with van der Waals surface area (Å²) in [6, 6.07) is 0.348. The summed E-state index contributed by atoms with van der Waals surface area (Å²) < 4.78 is 11.1. The van der Waals surface area contributed by atoms with Crippen molar-refractivity contribution in [1.29, 1.82) is 0 Å². The number of amides is 1. The Morgan fingerprint density at radius 1 is 1.12 bits per heavy atom. The van der Waals surface area contributed by atoms with Crippen LogP contribution < -0.4 is 16.0 Å². The van der Waals surface area contributed by atoms with Gasteiger partial charge >= 0.3 is 0 Å². The van der Waals surface area contributed by atoms with Crippen molar-refractivity contribution in [3.05, 3.63) is 0 Å². The summed E-state index contributed by atoms with van der Waals surface area (Å²) in [6.45, 7) is 4.34. The second-order valence-electron chi connectivity index (χ2n) is 7.24. The van der Waals surface area contributed by atoms with Crippen molar-refractivity contribution < 1.29 is 14.3 Å². The van der Waals surface area contributed by atoms with Crippen LogP contribution in [-0.2, 0) is 14.3 Å². The maximum absolute atomic E-state index is 12.0. The Labute approximate surface area is 157 Å². The third-order valence-corrected chi connectivity index (χ3v) is 5.06. The lowest BCUT2D eigenvalue weighted by atomic mass is 9.95. The molecule has 0 atom stereocenters. The molecule has 2 aliphatic rings. The Balaban J connectivity index is 1.47. The second-order valence-corrected chi connectivity index (χ2v) is 7.24. The first-order valence-electron chi connectivity index (χ1n) is 10.2. The van der Waals surface area contributed by atoms with E-state index in [0.29, 0.717) is 17.9 Å². The molecule has 1 saturated heterocycles. The number of rotatable bonds is 9. The Hall–Kier alpha value is -1.34. The van der Waals surface area contributed by atoms with E-state index in [1.165, 1.54) is 19.3 Å². The summed E-state index contributed by atoms with van der Waals surface area (Å²) in [5, 5.41) is 9.40. The number of hydrogen-bond donors (Lipinski definition) is 3. The van der Waals surface area contributed by atoms with E-state index in [4.69, 9.17) is 9.47 Å². The largest absolute Gasteiger partial charge is 0.381 e. The van der Waals surface area contributed by atoms with Crippen molar-refractivity contribution in [1.82, 2.24) is 16.0 Å². The van der Waals surface area contributed by atoms with Crippen LogP contribution in [0.5, 0.6) is 0 Å². The van der Waals surface area contributed by atoms with Gasteiger partial charge in [0.15, 0.2) is 5.96 Å². The number of aliphatic imine (C=N–C) groups is 1. The van der Waals surface area contributed by atoms with Gasteiger partial charge < -0.3 is 25.4 Å². The molecule has 1 amide bonds. The van der Waals surface area contributed by atoms with Crippen LogP contribution in [0.15, 0.2) is 4.99 Å². The number of hydrogen-bond acceptors (Lipinski definition) is 4. The molecule has 2 fully saturated rings. The highest BCUT2D eigenvalue weighted by molar-refractivity contribution is 5.86. The molecule has 1 aliphatic heterocycles. The van der Waals surface area contributed by atoms with Gasteiger partial charge in [0.05, 0.1) is 6.54 Å². The van der Waals surface area contributed by atoms with E-state index in [2.05, 4.69) is 20.9 Å². The highest BCUT2D eigenvalue weighted by atomic mass is 16.5. The SMILES string of the molecule is CN=C(NCCCOCC1CCOCC1)NCC(=O)NC1CCCCC1. The van der Waals surface area contributed by atoms with Crippen LogP contribution in [0.4, 0.5) is 0 Å². The maximum atomic E-state index is 12.0. The van der Waals surface area contributed by atoms with Crippen LogP contribution in [0.2, 0.25) is 0 Å². The molecule has 7 heteroatoms.